The maximum atomic E-state index is 13.5. The number of benzene rings is 3. The molecular formula is C33H38N2O7. The van der Waals surface area contributed by atoms with Gasteiger partial charge in [-0.3, -0.25) is 9.59 Å². The lowest BCUT2D eigenvalue weighted by molar-refractivity contribution is -0.139. The van der Waals surface area contributed by atoms with Gasteiger partial charge in [0, 0.05) is 12.1 Å². The number of nitrogens with zero attached hydrogens (tertiary/aromatic N) is 2. The SMILES string of the molecule is COc1cc([C@@H]2/C(=C(\O)c3ccc(OCc4ccccc4)cc3C)C(=O)C(=O)N2CCCN(C)C)cc(OC)c1OC. The zero-order valence-electron chi connectivity index (χ0n) is 25.0. The standard InChI is InChI=1S/C33H38N2O7/c1-21-17-24(42-20-22-11-8-7-9-12-22)13-14-25(21)30(36)28-29(35(33(38)31(28)37)16-10-15-34(2)3)23-18-26(39-4)32(41-6)27(19-23)40-5/h7-9,11-14,17-19,29,36H,10,15-16,20H2,1-6H3/b30-28+/t29-/m1/s1. The van der Waals surface area contributed by atoms with Gasteiger partial charge in [-0.1, -0.05) is 30.3 Å². The fourth-order valence-corrected chi connectivity index (χ4v) is 5.15. The molecule has 0 unspecified atom stereocenters. The molecule has 1 atom stereocenters. The number of hydrogen-bond donors (Lipinski definition) is 1. The second-order valence-corrected chi connectivity index (χ2v) is 10.4. The van der Waals surface area contributed by atoms with Gasteiger partial charge in [0.1, 0.15) is 18.1 Å². The Morgan fingerprint density at radius 2 is 1.60 bits per heavy atom. The summed E-state index contributed by atoms with van der Waals surface area (Å²) in [5.41, 5.74) is 2.71. The highest BCUT2D eigenvalue weighted by Crippen LogP contribution is 2.46. The number of Topliss-reactive ketones (excluding diaryl/α,β-unsaturated/α-hetero) is 1. The van der Waals surface area contributed by atoms with Gasteiger partial charge < -0.3 is 33.9 Å². The minimum Gasteiger partial charge on any atom is -0.507 e. The first kappa shape index (κ1) is 30.5. The third-order valence-corrected chi connectivity index (χ3v) is 7.25. The molecule has 3 aromatic carbocycles. The van der Waals surface area contributed by atoms with Gasteiger partial charge in [-0.15, -0.1) is 0 Å². The Balaban J connectivity index is 1.78. The van der Waals surface area contributed by atoms with Crippen LogP contribution in [0.2, 0.25) is 0 Å². The van der Waals surface area contributed by atoms with Crippen LogP contribution in [-0.4, -0.2) is 75.1 Å². The lowest BCUT2D eigenvalue weighted by Gasteiger charge is -2.27. The molecule has 0 aliphatic carbocycles. The van der Waals surface area contributed by atoms with E-state index < -0.39 is 17.7 Å². The van der Waals surface area contributed by atoms with Crippen molar-refractivity contribution in [3.8, 4) is 23.0 Å². The van der Waals surface area contributed by atoms with Gasteiger partial charge in [-0.2, -0.15) is 0 Å². The van der Waals surface area contributed by atoms with Crippen molar-refractivity contribution < 1.29 is 33.6 Å². The van der Waals surface area contributed by atoms with Crippen molar-refractivity contribution in [1.82, 2.24) is 9.80 Å². The van der Waals surface area contributed by atoms with E-state index in [0.29, 0.717) is 65.8 Å². The lowest BCUT2D eigenvalue weighted by atomic mass is 9.93. The fraction of sp³-hybridized carbons (Fsp3) is 0.333. The summed E-state index contributed by atoms with van der Waals surface area (Å²) in [6, 6.07) is 17.6. The molecule has 1 aliphatic rings. The van der Waals surface area contributed by atoms with Crippen LogP contribution in [0.4, 0.5) is 0 Å². The first-order valence-corrected chi connectivity index (χ1v) is 13.7. The second-order valence-electron chi connectivity index (χ2n) is 10.4. The number of aliphatic hydroxyl groups is 1. The van der Waals surface area contributed by atoms with E-state index in [0.717, 1.165) is 5.56 Å². The van der Waals surface area contributed by atoms with Gasteiger partial charge in [0.05, 0.1) is 32.9 Å². The summed E-state index contributed by atoms with van der Waals surface area (Å²) in [4.78, 5) is 30.5. The second kappa shape index (κ2) is 13.4. The number of methoxy groups -OCH3 is 3. The van der Waals surface area contributed by atoms with E-state index in [4.69, 9.17) is 18.9 Å². The van der Waals surface area contributed by atoms with Crippen molar-refractivity contribution in [1.29, 1.82) is 0 Å². The minimum absolute atomic E-state index is 0.000167. The Bertz CT molecular complexity index is 1440. The Kier molecular flexibility index (Phi) is 9.75. The highest BCUT2D eigenvalue weighted by atomic mass is 16.5. The molecule has 1 aliphatic heterocycles. The van der Waals surface area contributed by atoms with Crippen LogP contribution >= 0.6 is 0 Å². The molecule has 0 radical (unpaired) electrons. The maximum Gasteiger partial charge on any atom is 0.295 e. The predicted molar refractivity (Wildman–Crippen MR) is 160 cm³/mol. The number of aryl methyl sites for hydroxylation is 1. The predicted octanol–water partition coefficient (Wildman–Crippen LogP) is 4.97. The van der Waals surface area contributed by atoms with E-state index in [1.54, 1.807) is 30.3 Å². The number of aliphatic hydroxyl groups excluding tert-OH is 1. The average Bonchev–Trinajstić information content (AvgIpc) is 3.24. The fourth-order valence-electron chi connectivity index (χ4n) is 5.15. The number of hydrogen-bond acceptors (Lipinski definition) is 8. The molecule has 222 valence electrons. The summed E-state index contributed by atoms with van der Waals surface area (Å²) in [6.07, 6.45) is 0.632. The summed E-state index contributed by atoms with van der Waals surface area (Å²) < 4.78 is 22.5. The molecule has 0 spiro atoms. The largest absolute Gasteiger partial charge is 0.507 e. The summed E-state index contributed by atoms with van der Waals surface area (Å²) >= 11 is 0. The third-order valence-electron chi connectivity index (χ3n) is 7.25. The van der Waals surface area contributed by atoms with Crippen LogP contribution in [0.1, 0.15) is 34.7 Å². The van der Waals surface area contributed by atoms with Gasteiger partial charge in [0.2, 0.25) is 5.75 Å². The molecule has 3 aromatic rings. The molecule has 9 heteroatoms. The van der Waals surface area contributed by atoms with Crippen molar-refractivity contribution in [2.24, 2.45) is 0 Å². The zero-order chi connectivity index (χ0) is 30.4. The van der Waals surface area contributed by atoms with Crippen LogP contribution in [0, 0.1) is 6.92 Å². The maximum absolute atomic E-state index is 13.5. The zero-order valence-corrected chi connectivity index (χ0v) is 25.0. The Morgan fingerprint density at radius 1 is 0.929 bits per heavy atom. The van der Waals surface area contributed by atoms with Gasteiger partial charge in [0.15, 0.2) is 11.5 Å². The molecule has 0 saturated carbocycles. The molecule has 1 fully saturated rings. The van der Waals surface area contributed by atoms with E-state index >= 15 is 0 Å². The monoisotopic (exact) mass is 574 g/mol. The van der Waals surface area contributed by atoms with Crippen LogP contribution in [0.5, 0.6) is 23.0 Å². The van der Waals surface area contributed by atoms with Crippen molar-refractivity contribution in [2.45, 2.75) is 26.0 Å². The first-order chi connectivity index (χ1) is 20.2. The number of amides is 1. The number of ether oxygens (including phenoxy) is 4. The van der Waals surface area contributed by atoms with Crippen LogP contribution in [0.25, 0.3) is 5.76 Å². The minimum atomic E-state index is -0.866. The van der Waals surface area contributed by atoms with Crippen LogP contribution in [-0.2, 0) is 16.2 Å². The molecule has 42 heavy (non-hydrogen) atoms. The van der Waals surface area contributed by atoms with E-state index in [-0.39, 0.29) is 11.3 Å². The highest BCUT2D eigenvalue weighted by molar-refractivity contribution is 6.46. The topological polar surface area (TPSA) is 97.8 Å². The number of ketones is 1. The first-order valence-electron chi connectivity index (χ1n) is 13.7. The number of carbonyl (C=O) groups is 2. The average molecular weight is 575 g/mol. The van der Waals surface area contributed by atoms with E-state index in [2.05, 4.69) is 0 Å². The van der Waals surface area contributed by atoms with Crippen molar-refractivity contribution in [2.75, 3.05) is 48.5 Å². The molecule has 4 rings (SSSR count). The molecular weight excluding hydrogens is 536 g/mol. The Morgan fingerprint density at radius 3 is 2.17 bits per heavy atom. The number of carbonyl (C=O) groups excluding carboxylic acids is 2. The summed E-state index contributed by atoms with van der Waals surface area (Å²) in [6.45, 7) is 3.25. The van der Waals surface area contributed by atoms with Gasteiger partial charge in [-0.25, -0.2) is 0 Å². The van der Waals surface area contributed by atoms with Crippen molar-refractivity contribution >= 4 is 17.4 Å². The molecule has 1 amide bonds. The Hall–Kier alpha value is -4.50. The van der Waals surface area contributed by atoms with Crippen molar-refractivity contribution in [3.05, 3.63) is 88.5 Å². The normalized spacial score (nSPS) is 16.2. The van der Waals surface area contributed by atoms with Crippen LogP contribution in [0.15, 0.2) is 66.2 Å². The molecule has 0 aromatic heterocycles. The molecule has 9 nitrogen and oxygen atoms in total. The van der Waals surface area contributed by atoms with Crippen molar-refractivity contribution in [3.63, 3.8) is 0 Å². The highest BCUT2D eigenvalue weighted by Gasteiger charge is 2.46. The molecule has 1 N–H and O–H groups in total. The quantitative estimate of drug-likeness (QED) is 0.184. The van der Waals surface area contributed by atoms with Crippen LogP contribution < -0.4 is 18.9 Å². The smallest absolute Gasteiger partial charge is 0.295 e. The molecule has 1 saturated heterocycles. The van der Waals surface area contributed by atoms with Gasteiger partial charge in [-0.05, 0) is 81.0 Å². The number of likely N-dealkylation sites (tertiary alicyclic amines) is 1. The summed E-state index contributed by atoms with van der Waals surface area (Å²) in [7, 11) is 8.39. The van der Waals surface area contributed by atoms with E-state index in [9.17, 15) is 14.7 Å². The van der Waals surface area contributed by atoms with E-state index in [1.807, 2.05) is 56.3 Å². The lowest BCUT2D eigenvalue weighted by Crippen LogP contribution is -2.32. The van der Waals surface area contributed by atoms with Gasteiger partial charge in [0.25, 0.3) is 11.7 Å². The molecule has 0 bridgehead atoms. The van der Waals surface area contributed by atoms with Gasteiger partial charge >= 0.3 is 0 Å². The van der Waals surface area contributed by atoms with E-state index in [1.165, 1.54) is 26.2 Å². The molecule has 1 heterocycles. The summed E-state index contributed by atoms with van der Waals surface area (Å²) in [5, 5.41) is 11.6. The third kappa shape index (κ3) is 6.36. The van der Waals surface area contributed by atoms with Crippen LogP contribution in [0.3, 0.4) is 0 Å². The summed E-state index contributed by atoms with van der Waals surface area (Å²) in [5.74, 6) is 0.0841. The Labute approximate surface area is 246 Å². The number of rotatable bonds is 12.